The van der Waals surface area contributed by atoms with Crippen molar-refractivity contribution in [3.63, 3.8) is 0 Å². The Balaban J connectivity index is 2.02. The van der Waals surface area contributed by atoms with Gasteiger partial charge in [-0.15, -0.1) is 11.8 Å². The van der Waals surface area contributed by atoms with Crippen molar-refractivity contribution in [3.8, 4) is 0 Å². The molecule has 0 unspecified atom stereocenters. The van der Waals surface area contributed by atoms with Crippen LogP contribution in [0.15, 0.2) is 59.5 Å². The van der Waals surface area contributed by atoms with Crippen LogP contribution in [0.2, 0.25) is 0 Å². The molecule has 1 nitrogen and oxygen atoms in total. The first kappa shape index (κ1) is 14.2. The average Bonchev–Trinajstić information content (AvgIpc) is 2.48. The summed E-state index contributed by atoms with van der Waals surface area (Å²) in [5.74, 6) is 1.16. The molecule has 0 aliphatic rings. The lowest BCUT2D eigenvalue weighted by Crippen LogP contribution is -1.98. The van der Waals surface area contributed by atoms with E-state index in [4.69, 9.17) is 0 Å². The minimum atomic E-state index is -0.532. The van der Waals surface area contributed by atoms with Gasteiger partial charge in [-0.1, -0.05) is 55.8 Å². The third-order valence-corrected chi connectivity index (χ3v) is 4.18. The molecule has 0 bridgehead atoms. The second-order valence-corrected chi connectivity index (χ2v) is 5.75. The van der Waals surface area contributed by atoms with E-state index in [9.17, 15) is 5.11 Å². The van der Waals surface area contributed by atoms with Crippen LogP contribution in [0.3, 0.4) is 0 Å². The van der Waals surface area contributed by atoms with E-state index in [1.165, 1.54) is 17.7 Å². The topological polar surface area (TPSA) is 20.2 Å². The molecule has 0 heterocycles. The Kier molecular flexibility index (Phi) is 5.49. The van der Waals surface area contributed by atoms with Gasteiger partial charge in [-0.2, -0.15) is 0 Å². The normalized spacial score (nSPS) is 12.3. The highest BCUT2D eigenvalue weighted by Crippen LogP contribution is 2.25. The van der Waals surface area contributed by atoms with Gasteiger partial charge in [0, 0.05) is 4.90 Å². The second kappa shape index (κ2) is 7.37. The largest absolute Gasteiger partial charge is 0.384 e. The lowest BCUT2D eigenvalue weighted by Gasteiger charge is -2.11. The number of hydrogen-bond acceptors (Lipinski definition) is 2. The molecule has 100 valence electrons. The molecule has 1 N–H and O–H groups in total. The fourth-order valence-corrected chi connectivity index (χ4v) is 2.91. The first-order valence-electron chi connectivity index (χ1n) is 6.77. The molecule has 0 aliphatic carbocycles. The van der Waals surface area contributed by atoms with Gasteiger partial charge in [0.15, 0.2) is 0 Å². The standard InChI is InChI=1S/C17H20OS/c1-2-3-13-19-16-11-9-15(10-12-16)17(18)14-7-5-4-6-8-14/h4-12,17-18H,2-3,13H2,1H3/t17-/m0/s1. The van der Waals surface area contributed by atoms with Crippen LogP contribution in [0.25, 0.3) is 0 Å². The van der Waals surface area contributed by atoms with Crippen LogP contribution in [0.4, 0.5) is 0 Å². The quantitative estimate of drug-likeness (QED) is 0.609. The first-order valence-corrected chi connectivity index (χ1v) is 7.75. The second-order valence-electron chi connectivity index (χ2n) is 4.58. The Morgan fingerprint density at radius 2 is 1.58 bits per heavy atom. The highest BCUT2D eigenvalue weighted by Gasteiger charge is 2.09. The molecule has 0 saturated carbocycles. The zero-order valence-corrected chi connectivity index (χ0v) is 12.1. The maximum Gasteiger partial charge on any atom is 0.104 e. The van der Waals surface area contributed by atoms with Crippen molar-refractivity contribution >= 4 is 11.8 Å². The highest BCUT2D eigenvalue weighted by atomic mass is 32.2. The molecule has 0 radical (unpaired) electrons. The van der Waals surface area contributed by atoms with E-state index >= 15 is 0 Å². The van der Waals surface area contributed by atoms with E-state index in [-0.39, 0.29) is 0 Å². The van der Waals surface area contributed by atoms with E-state index in [0.29, 0.717) is 0 Å². The van der Waals surface area contributed by atoms with Crippen LogP contribution in [0, 0.1) is 0 Å². The van der Waals surface area contributed by atoms with Gasteiger partial charge in [0.05, 0.1) is 0 Å². The van der Waals surface area contributed by atoms with Crippen molar-refractivity contribution in [3.05, 3.63) is 65.7 Å². The maximum atomic E-state index is 10.3. The van der Waals surface area contributed by atoms with E-state index in [1.807, 2.05) is 54.2 Å². The molecule has 1 atom stereocenters. The van der Waals surface area contributed by atoms with Crippen molar-refractivity contribution in [2.75, 3.05) is 5.75 Å². The zero-order chi connectivity index (χ0) is 13.5. The first-order chi connectivity index (χ1) is 9.31. The average molecular weight is 272 g/mol. The van der Waals surface area contributed by atoms with Crippen molar-refractivity contribution in [1.29, 1.82) is 0 Å². The predicted molar refractivity (Wildman–Crippen MR) is 82.6 cm³/mol. The smallest absolute Gasteiger partial charge is 0.104 e. The lowest BCUT2D eigenvalue weighted by atomic mass is 10.0. The molecule has 0 fully saturated rings. The fraction of sp³-hybridized carbons (Fsp3) is 0.294. The van der Waals surface area contributed by atoms with E-state index in [0.717, 1.165) is 16.9 Å². The molecular weight excluding hydrogens is 252 g/mol. The van der Waals surface area contributed by atoms with Gasteiger partial charge in [-0.25, -0.2) is 0 Å². The molecular formula is C17H20OS. The summed E-state index contributed by atoms with van der Waals surface area (Å²) in [6, 6.07) is 18.0. The highest BCUT2D eigenvalue weighted by molar-refractivity contribution is 7.99. The van der Waals surface area contributed by atoms with E-state index in [1.54, 1.807) is 0 Å². The number of rotatable bonds is 6. The van der Waals surface area contributed by atoms with Crippen molar-refractivity contribution in [2.24, 2.45) is 0 Å². The third kappa shape index (κ3) is 4.12. The molecule has 2 rings (SSSR count). The molecule has 0 saturated heterocycles. The van der Waals surface area contributed by atoms with Gasteiger partial charge >= 0.3 is 0 Å². The Morgan fingerprint density at radius 3 is 2.21 bits per heavy atom. The zero-order valence-electron chi connectivity index (χ0n) is 11.3. The van der Waals surface area contributed by atoms with Crippen molar-refractivity contribution in [1.82, 2.24) is 0 Å². The van der Waals surface area contributed by atoms with Crippen LogP contribution >= 0.6 is 11.8 Å². The Bertz CT molecular complexity index is 478. The molecule has 0 aliphatic heterocycles. The van der Waals surface area contributed by atoms with Gasteiger partial charge in [-0.05, 0) is 35.4 Å². The lowest BCUT2D eigenvalue weighted by molar-refractivity contribution is 0.220. The van der Waals surface area contributed by atoms with Gasteiger partial charge in [0.25, 0.3) is 0 Å². The van der Waals surface area contributed by atoms with Gasteiger partial charge in [0.1, 0.15) is 6.10 Å². The van der Waals surface area contributed by atoms with E-state index < -0.39 is 6.10 Å². The minimum absolute atomic E-state index is 0.532. The summed E-state index contributed by atoms with van der Waals surface area (Å²) in [5, 5.41) is 10.3. The van der Waals surface area contributed by atoms with Crippen molar-refractivity contribution in [2.45, 2.75) is 30.8 Å². The molecule has 2 heteroatoms. The van der Waals surface area contributed by atoms with Gasteiger partial charge < -0.3 is 5.11 Å². The Labute approximate surface area is 119 Å². The third-order valence-electron chi connectivity index (χ3n) is 3.08. The molecule has 0 amide bonds. The number of thioether (sulfide) groups is 1. The number of aliphatic hydroxyl groups is 1. The summed E-state index contributed by atoms with van der Waals surface area (Å²) in [7, 11) is 0. The fourth-order valence-electron chi connectivity index (χ4n) is 1.91. The van der Waals surface area contributed by atoms with E-state index in [2.05, 4.69) is 19.1 Å². The SMILES string of the molecule is CCCCSc1ccc([C@@H](O)c2ccccc2)cc1. The number of aliphatic hydroxyl groups excluding tert-OH is 1. The summed E-state index contributed by atoms with van der Waals surface area (Å²) in [6.07, 6.45) is 1.95. The van der Waals surface area contributed by atoms with Crippen LogP contribution in [0.5, 0.6) is 0 Å². The Morgan fingerprint density at radius 1 is 0.947 bits per heavy atom. The molecule has 0 aromatic heterocycles. The van der Waals surface area contributed by atoms with Crippen LogP contribution in [-0.4, -0.2) is 10.9 Å². The van der Waals surface area contributed by atoms with Crippen LogP contribution in [-0.2, 0) is 0 Å². The molecule has 2 aromatic carbocycles. The summed E-state index contributed by atoms with van der Waals surface area (Å²) in [5.41, 5.74) is 1.89. The van der Waals surface area contributed by atoms with Gasteiger partial charge in [0.2, 0.25) is 0 Å². The van der Waals surface area contributed by atoms with Crippen LogP contribution < -0.4 is 0 Å². The number of hydrogen-bond donors (Lipinski definition) is 1. The number of benzene rings is 2. The molecule has 2 aromatic rings. The van der Waals surface area contributed by atoms with Crippen LogP contribution in [0.1, 0.15) is 37.0 Å². The number of unbranched alkanes of at least 4 members (excludes halogenated alkanes) is 1. The molecule has 19 heavy (non-hydrogen) atoms. The molecule has 0 spiro atoms. The maximum absolute atomic E-state index is 10.3. The monoisotopic (exact) mass is 272 g/mol. The van der Waals surface area contributed by atoms with Gasteiger partial charge in [-0.3, -0.25) is 0 Å². The summed E-state index contributed by atoms with van der Waals surface area (Å²) >= 11 is 1.88. The minimum Gasteiger partial charge on any atom is -0.384 e. The summed E-state index contributed by atoms with van der Waals surface area (Å²) in [4.78, 5) is 1.28. The predicted octanol–water partition coefficient (Wildman–Crippen LogP) is 4.66. The summed E-state index contributed by atoms with van der Waals surface area (Å²) < 4.78 is 0. The Hall–Kier alpha value is -1.25. The summed E-state index contributed by atoms with van der Waals surface area (Å²) in [6.45, 7) is 2.21. The van der Waals surface area contributed by atoms with Crippen molar-refractivity contribution < 1.29 is 5.11 Å².